The van der Waals surface area contributed by atoms with Crippen LogP contribution < -0.4 is 15.5 Å². The van der Waals surface area contributed by atoms with Gasteiger partial charge in [-0.25, -0.2) is 4.79 Å². The van der Waals surface area contributed by atoms with Gasteiger partial charge in [-0.2, -0.15) is 5.26 Å². The molecule has 2 amide bonds. The number of hydrogen-bond donors (Lipinski definition) is 2. The van der Waals surface area contributed by atoms with Crippen molar-refractivity contribution < 1.29 is 4.79 Å². The highest BCUT2D eigenvalue weighted by molar-refractivity contribution is 5.89. The predicted molar refractivity (Wildman–Crippen MR) is 99.7 cm³/mol. The van der Waals surface area contributed by atoms with Crippen molar-refractivity contribution in [2.45, 2.75) is 25.8 Å². The van der Waals surface area contributed by atoms with E-state index in [0.717, 1.165) is 19.4 Å². The number of aryl methyl sites for hydroxylation is 1. The summed E-state index contributed by atoms with van der Waals surface area (Å²) < 4.78 is 0. The predicted octanol–water partition coefficient (Wildman–Crippen LogP) is 3.52. The molecule has 2 N–H and O–H groups in total. The molecule has 0 aliphatic carbocycles. The maximum absolute atomic E-state index is 12.0. The number of urea groups is 1. The number of benzene rings is 2. The quantitative estimate of drug-likeness (QED) is 0.899. The second kappa shape index (κ2) is 7.71. The van der Waals surface area contributed by atoms with Crippen LogP contribution in [0.25, 0.3) is 0 Å². The van der Waals surface area contributed by atoms with Gasteiger partial charge in [-0.3, -0.25) is 0 Å². The molecule has 0 fully saturated rings. The van der Waals surface area contributed by atoms with Crippen LogP contribution in [0.5, 0.6) is 0 Å². The second-order valence-corrected chi connectivity index (χ2v) is 6.28. The van der Waals surface area contributed by atoms with Gasteiger partial charge >= 0.3 is 6.03 Å². The van der Waals surface area contributed by atoms with Gasteiger partial charge in [0, 0.05) is 30.5 Å². The van der Waals surface area contributed by atoms with E-state index in [0.29, 0.717) is 23.8 Å². The minimum atomic E-state index is -0.234. The number of fused-ring (bicyclic) bond motifs is 1. The molecule has 0 spiro atoms. The molecular formula is C20H22N4O. The number of nitrogens with one attached hydrogen (secondary N) is 2. The Morgan fingerprint density at radius 3 is 2.76 bits per heavy atom. The summed E-state index contributed by atoms with van der Waals surface area (Å²) in [5.74, 6) is 0. The van der Waals surface area contributed by atoms with Gasteiger partial charge in [0.1, 0.15) is 0 Å². The Labute approximate surface area is 148 Å². The van der Waals surface area contributed by atoms with E-state index in [-0.39, 0.29) is 6.03 Å². The van der Waals surface area contributed by atoms with Crippen molar-refractivity contribution in [1.29, 1.82) is 5.26 Å². The normalized spacial score (nSPS) is 15.8. The molecule has 0 bridgehead atoms. The third-order valence-electron chi connectivity index (χ3n) is 4.57. The lowest BCUT2D eigenvalue weighted by Gasteiger charge is -2.37. The molecule has 128 valence electrons. The average molecular weight is 334 g/mol. The lowest BCUT2D eigenvalue weighted by molar-refractivity contribution is 0.252. The summed E-state index contributed by atoms with van der Waals surface area (Å²) in [5.41, 5.74) is 3.90. The van der Waals surface area contributed by atoms with Crippen LogP contribution in [0.1, 0.15) is 24.5 Å². The van der Waals surface area contributed by atoms with E-state index in [9.17, 15) is 4.79 Å². The number of nitriles is 1. The molecule has 2 aromatic rings. The lowest BCUT2D eigenvalue weighted by Crippen LogP contribution is -2.43. The minimum absolute atomic E-state index is 0.234. The summed E-state index contributed by atoms with van der Waals surface area (Å²) in [6.07, 6.45) is 2.24. The van der Waals surface area contributed by atoms with Gasteiger partial charge in [-0.05, 0) is 55.7 Å². The van der Waals surface area contributed by atoms with E-state index in [4.69, 9.17) is 5.26 Å². The van der Waals surface area contributed by atoms with Crippen LogP contribution in [0.4, 0.5) is 16.2 Å². The molecule has 1 heterocycles. The number of hydrogen-bond acceptors (Lipinski definition) is 3. The Morgan fingerprint density at radius 1 is 1.24 bits per heavy atom. The summed E-state index contributed by atoms with van der Waals surface area (Å²) >= 11 is 0. The van der Waals surface area contributed by atoms with E-state index in [1.165, 1.54) is 11.3 Å². The molecule has 1 aliphatic heterocycles. The number of para-hydroxylation sites is 1. The van der Waals surface area contributed by atoms with Gasteiger partial charge in [-0.1, -0.05) is 18.2 Å². The Balaban J connectivity index is 1.52. The summed E-state index contributed by atoms with van der Waals surface area (Å²) in [7, 11) is 0. The average Bonchev–Trinajstić information content (AvgIpc) is 2.64. The van der Waals surface area contributed by atoms with Crippen LogP contribution in [-0.2, 0) is 6.42 Å². The maximum Gasteiger partial charge on any atom is 0.319 e. The fourth-order valence-electron chi connectivity index (χ4n) is 3.19. The zero-order chi connectivity index (χ0) is 17.6. The largest absolute Gasteiger partial charge is 0.367 e. The van der Waals surface area contributed by atoms with Crippen LogP contribution >= 0.6 is 0 Å². The van der Waals surface area contributed by atoms with Crippen LogP contribution in [0.15, 0.2) is 48.5 Å². The van der Waals surface area contributed by atoms with E-state index >= 15 is 0 Å². The number of rotatable bonds is 4. The first-order valence-corrected chi connectivity index (χ1v) is 8.57. The number of anilines is 2. The number of carbonyl (C=O) groups excluding carboxylic acids is 1. The standard InChI is InChI=1S/C20H22N4O/c1-15-6-9-17-4-2-3-5-19(17)24(15)13-12-22-20(25)23-18-10-7-16(14-21)8-11-18/h2-5,7-8,10-11,15H,6,9,12-13H2,1H3,(H2,22,23,25). The van der Waals surface area contributed by atoms with Crippen molar-refractivity contribution >= 4 is 17.4 Å². The Morgan fingerprint density at radius 2 is 2.00 bits per heavy atom. The van der Waals surface area contributed by atoms with Gasteiger partial charge in [-0.15, -0.1) is 0 Å². The van der Waals surface area contributed by atoms with Gasteiger partial charge in [0.05, 0.1) is 11.6 Å². The molecule has 5 heteroatoms. The topological polar surface area (TPSA) is 68.2 Å². The fourth-order valence-corrected chi connectivity index (χ4v) is 3.19. The van der Waals surface area contributed by atoms with E-state index in [1.54, 1.807) is 24.3 Å². The maximum atomic E-state index is 12.0. The van der Waals surface area contributed by atoms with Crippen molar-refractivity contribution in [3.63, 3.8) is 0 Å². The molecule has 1 atom stereocenters. The monoisotopic (exact) mass is 334 g/mol. The van der Waals surface area contributed by atoms with Gasteiger partial charge < -0.3 is 15.5 Å². The van der Waals surface area contributed by atoms with Crippen molar-refractivity contribution in [3.05, 3.63) is 59.7 Å². The first-order chi connectivity index (χ1) is 12.2. The van der Waals surface area contributed by atoms with Crippen molar-refractivity contribution in [2.75, 3.05) is 23.3 Å². The molecule has 3 rings (SSSR count). The van der Waals surface area contributed by atoms with Crippen molar-refractivity contribution in [1.82, 2.24) is 5.32 Å². The third kappa shape index (κ3) is 4.10. The SMILES string of the molecule is CC1CCc2ccccc2N1CCNC(=O)Nc1ccc(C#N)cc1. The van der Waals surface area contributed by atoms with E-state index < -0.39 is 0 Å². The molecule has 0 saturated heterocycles. The highest BCUT2D eigenvalue weighted by Crippen LogP contribution is 2.29. The Kier molecular flexibility index (Phi) is 5.20. The molecule has 2 aromatic carbocycles. The van der Waals surface area contributed by atoms with Crippen LogP contribution in [0.2, 0.25) is 0 Å². The highest BCUT2D eigenvalue weighted by atomic mass is 16.2. The van der Waals surface area contributed by atoms with Crippen LogP contribution in [0, 0.1) is 11.3 Å². The summed E-state index contributed by atoms with van der Waals surface area (Å²) in [6, 6.07) is 17.6. The zero-order valence-electron chi connectivity index (χ0n) is 14.3. The Bertz CT molecular complexity index is 779. The number of amides is 2. The molecule has 0 saturated carbocycles. The molecule has 1 aliphatic rings. The second-order valence-electron chi connectivity index (χ2n) is 6.28. The van der Waals surface area contributed by atoms with Gasteiger partial charge in [0.25, 0.3) is 0 Å². The van der Waals surface area contributed by atoms with Gasteiger partial charge in [0.2, 0.25) is 0 Å². The molecule has 5 nitrogen and oxygen atoms in total. The van der Waals surface area contributed by atoms with E-state index in [1.807, 2.05) is 0 Å². The molecular weight excluding hydrogens is 312 g/mol. The van der Waals surface area contributed by atoms with Crippen LogP contribution in [-0.4, -0.2) is 25.2 Å². The molecule has 0 radical (unpaired) electrons. The summed E-state index contributed by atoms with van der Waals surface area (Å²) in [4.78, 5) is 14.4. The van der Waals surface area contributed by atoms with E-state index in [2.05, 4.69) is 52.8 Å². The smallest absolute Gasteiger partial charge is 0.319 e. The molecule has 1 unspecified atom stereocenters. The first kappa shape index (κ1) is 16.8. The lowest BCUT2D eigenvalue weighted by atomic mass is 9.97. The summed E-state index contributed by atoms with van der Waals surface area (Å²) in [6.45, 7) is 3.58. The zero-order valence-corrected chi connectivity index (χ0v) is 14.3. The third-order valence-corrected chi connectivity index (χ3v) is 4.57. The molecule has 25 heavy (non-hydrogen) atoms. The van der Waals surface area contributed by atoms with Crippen molar-refractivity contribution in [2.24, 2.45) is 0 Å². The first-order valence-electron chi connectivity index (χ1n) is 8.57. The fraction of sp³-hybridized carbons (Fsp3) is 0.300. The Hall–Kier alpha value is -3.00. The number of carbonyl (C=O) groups is 1. The van der Waals surface area contributed by atoms with Crippen molar-refractivity contribution in [3.8, 4) is 6.07 Å². The highest BCUT2D eigenvalue weighted by Gasteiger charge is 2.22. The summed E-state index contributed by atoms with van der Waals surface area (Å²) in [5, 5.41) is 14.5. The van der Waals surface area contributed by atoms with Gasteiger partial charge in [0.15, 0.2) is 0 Å². The molecule has 0 aromatic heterocycles. The minimum Gasteiger partial charge on any atom is -0.367 e. The van der Waals surface area contributed by atoms with Crippen LogP contribution in [0.3, 0.4) is 0 Å². The number of nitrogens with zero attached hydrogens (tertiary/aromatic N) is 2.